The third-order valence-electron chi connectivity index (χ3n) is 6.56. The summed E-state index contributed by atoms with van der Waals surface area (Å²) in [6.45, 7) is 2.12. The van der Waals surface area contributed by atoms with Crippen LogP contribution in [-0.2, 0) is 5.54 Å². The highest BCUT2D eigenvalue weighted by molar-refractivity contribution is 5.40. The van der Waals surface area contributed by atoms with Gasteiger partial charge in [-0.05, 0) is 42.3 Å². The zero-order valence-corrected chi connectivity index (χ0v) is 16.1. The molecule has 5 nitrogen and oxygen atoms in total. The van der Waals surface area contributed by atoms with Crippen molar-refractivity contribution in [2.45, 2.75) is 11.6 Å². The van der Waals surface area contributed by atoms with E-state index < -0.39 is 5.54 Å². The van der Waals surface area contributed by atoms with Gasteiger partial charge in [-0.3, -0.25) is 5.32 Å². The van der Waals surface area contributed by atoms with Crippen LogP contribution in [-0.4, -0.2) is 46.5 Å². The molecule has 2 aromatic carbocycles. The average molecular weight is 374 g/mol. The Balaban J connectivity index is 1.57. The first-order chi connectivity index (χ1) is 13.7. The maximum Gasteiger partial charge on any atom is 0.0718 e. The molecule has 1 aromatic heterocycles. The molecule has 2 saturated heterocycles. The lowest BCUT2D eigenvalue weighted by Crippen LogP contribution is -2.47. The Morgan fingerprint density at radius 2 is 1.96 bits per heavy atom. The number of hydrogen-bond acceptors (Lipinski definition) is 4. The molecule has 2 N–H and O–H groups in total. The topological polar surface area (TPSA) is 53.3 Å². The van der Waals surface area contributed by atoms with E-state index >= 15 is 0 Å². The van der Waals surface area contributed by atoms with Gasteiger partial charge in [0.15, 0.2) is 0 Å². The fourth-order valence-electron chi connectivity index (χ4n) is 5.28. The van der Waals surface area contributed by atoms with E-state index in [4.69, 9.17) is 0 Å². The first-order valence-electron chi connectivity index (χ1n) is 9.94. The lowest BCUT2D eigenvalue weighted by atomic mass is 9.76. The van der Waals surface area contributed by atoms with Crippen molar-refractivity contribution in [3.05, 3.63) is 84.2 Å². The van der Waals surface area contributed by atoms with E-state index in [1.165, 1.54) is 11.1 Å². The van der Waals surface area contributed by atoms with E-state index in [1.807, 2.05) is 23.0 Å². The second-order valence-electron chi connectivity index (χ2n) is 8.15. The van der Waals surface area contributed by atoms with Crippen LogP contribution in [0.25, 0.3) is 5.69 Å². The van der Waals surface area contributed by atoms with Gasteiger partial charge in [0.25, 0.3) is 0 Å². The normalized spacial score (nSPS) is 29.9. The van der Waals surface area contributed by atoms with Gasteiger partial charge in [0.1, 0.15) is 0 Å². The third kappa shape index (κ3) is 2.70. The number of benzene rings is 2. The van der Waals surface area contributed by atoms with Crippen LogP contribution in [0.5, 0.6) is 0 Å². The minimum absolute atomic E-state index is 0.0986. The second-order valence-corrected chi connectivity index (χ2v) is 8.15. The molecule has 144 valence electrons. The van der Waals surface area contributed by atoms with Gasteiger partial charge in [0.2, 0.25) is 0 Å². The van der Waals surface area contributed by atoms with Gasteiger partial charge in [-0.15, -0.1) is 0 Å². The Morgan fingerprint density at radius 3 is 2.71 bits per heavy atom. The van der Waals surface area contributed by atoms with Crippen molar-refractivity contribution in [1.82, 2.24) is 20.0 Å². The standard InChI is InChI=1S/C23H26N4O/c1-26-14-20-21(15-26)23(16-28,18-8-3-2-4-9-18)25-22(20)17-7-5-10-19(13-17)27-12-6-11-24-27/h2-13,20-22,25,28H,14-16H2,1H3/t20-,21+,22-,23-/m1/s1. The first kappa shape index (κ1) is 17.6. The number of likely N-dealkylation sites (tertiary alicyclic amines) is 1. The van der Waals surface area contributed by atoms with Crippen LogP contribution in [0.1, 0.15) is 17.2 Å². The third-order valence-corrected chi connectivity index (χ3v) is 6.56. The largest absolute Gasteiger partial charge is 0.394 e. The molecule has 28 heavy (non-hydrogen) atoms. The highest BCUT2D eigenvalue weighted by atomic mass is 16.3. The average Bonchev–Trinajstić information content (AvgIpc) is 3.45. The highest BCUT2D eigenvalue weighted by Gasteiger charge is 2.56. The summed E-state index contributed by atoms with van der Waals surface area (Å²) in [4.78, 5) is 2.40. The second kappa shape index (κ2) is 6.85. The van der Waals surface area contributed by atoms with Gasteiger partial charge in [0.05, 0.1) is 17.8 Å². The molecule has 3 heterocycles. The molecule has 0 saturated carbocycles. The van der Waals surface area contributed by atoms with E-state index in [-0.39, 0.29) is 12.6 Å². The first-order valence-corrected chi connectivity index (χ1v) is 9.94. The van der Waals surface area contributed by atoms with E-state index in [1.54, 1.807) is 6.20 Å². The summed E-state index contributed by atoms with van der Waals surface area (Å²) in [5.41, 5.74) is 3.08. The molecule has 0 radical (unpaired) electrons. The lowest BCUT2D eigenvalue weighted by Gasteiger charge is -2.35. The number of rotatable bonds is 4. The summed E-state index contributed by atoms with van der Waals surface area (Å²) in [6.07, 6.45) is 3.77. The van der Waals surface area contributed by atoms with Gasteiger partial charge in [-0.1, -0.05) is 42.5 Å². The predicted molar refractivity (Wildman–Crippen MR) is 109 cm³/mol. The number of hydrogen-bond donors (Lipinski definition) is 2. The van der Waals surface area contributed by atoms with E-state index in [0.717, 1.165) is 18.8 Å². The number of nitrogens with one attached hydrogen (secondary N) is 1. The van der Waals surface area contributed by atoms with Crippen LogP contribution >= 0.6 is 0 Å². The molecular weight excluding hydrogens is 348 g/mol. The Bertz CT molecular complexity index is 942. The number of aliphatic hydroxyl groups excluding tert-OH is 1. The predicted octanol–water partition coefficient (Wildman–Crippen LogP) is 2.58. The Labute approximate surface area is 165 Å². The number of aliphatic hydroxyl groups is 1. The summed E-state index contributed by atoms with van der Waals surface area (Å²) >= 11 is 0. The molecule has 4 atom stereocenters. The maximum atomic E-state index is 10.6. The quantitative estimate of drug-likeness (QED) is 0.737. The Hall–Kier alpha value is -2.47. The minimum Gasteiger partial charge on any atom is -0.394 e. The molecule has 0 aliphatic carbocycles. The van der Waals surface area contributed by atoms with Crippen LogP contribution in [0, 0.1) is 11.8 Å². The molecule has 2 aliphatic heterocycles. The van der Waals surface area contributed by atoms with Crippen molar-refractivity contribution in [2.24, 2.45) is 11.8 Å². The summed E-state index contributed by atoms with van der Waals surface area (Å²) < 4.78 is 1.90. The summed E-state index contributed by atoms with van der Waals surface area (Å²) in [5, 5.41) is 18.8. The fourth-order valence-corrected chi connectivity index (χ4v) is 5.28. The molecule has 5 rings (SSSR count). The van der Waals surface area contributed by atoms with E-state index in [0.29, 0.717) is 11.8 Å². The van der Waals surface area contributed by atoms with Crippen LogP contribution in [0.3, 0.4) is 0 Å². The number of nitrogens with zero attached hydrogens (tertiary/aromatic N) is 3. The number of aromatic nitrogens is 2. The molecule has 0 bridgehead atoms. The Kier molecular flexibility index (Phi) is 4.31. The van der Waals surface area contributed by atoms with Crippen LogP contribution < -0.4 is 5.32 Å². The van der Waals surface area contributed by atoms with Crippen molar-refractivity contribution in [3.8, 4) is 5.69 Å². The Morgan fingerprint density at radius 1 is 1.11 bits per heavy atom. The summed E-state index contributed by atoms with van der Waals surface area (Å²) in [6, 6.07) is 21.2. The number of fused-ring (bicyclic) bond motifs is 1. The lowest BCUT2D eigenvalue weighted by molar-refractivity contribution is 0.129. The molecule has 0 amide bonds. The zero-order valence-electron chi connectivity index (χ0n) is 16.1. The molecule has 3 aromatic rings. The van der Waals surface area contributed by atoms with Gasteiger partial charge in [-0.25, -0.2) is 4.68 Å². The summed E-state index contributed by atoms with van der Waals surface area (Å²) in [7, 11) is 2.18. The van der Waals surface area contributed by atoms with Crippen molar-refractivity contribution >= 4 is 0 Å². The van der Waals surface area contributed by atoms with Crippen molar-refractivity contribution in [3.63, 3.8) is 0 Å². The van der Waals surface area contributed by atoms with Crippen molar-refractivity contribution < 1.29 is 5.11 Å². The van der Waals surface area contributed by atoms with Crippen LogP contribution in [0.4, 0.5) is 0 Å². The van der Waals surface area contributed by atoms with E-state index in [9.17, 15) is 5.11 Å². The molecule has 0 unspecified atom stereocenters. The van der Waals surface area contributed by atoms with Gasteiger partial charge in [-0.2, -0.15) is 5.10 Å². The molecular formula is C23H26N4O. The highest BCUT2D eigenvalue weighted by Crippen LogP contribution is 2.51. The van der Waals surface area contributed by atoms with Crippen molar-refractivity contribution in [2.75, 3.05) is 26.7 Å². The fraction of sp³-hybridized carbons (Fsp3) is 0.348. The van der Waals surface area contributed by atoms with E-state index in [2.05, 4.69) is 70.9 Å². The monoisotopic (exact) mass is 374 g/mol. The van der Waals surface area contributed by atoms with Crippen molar-refractivity contribution in [1.29, 1.82) is 0 Å². The minimum atomic E-state index is -0.414. The molecule has 2 aliphatic rings. The van der Waals surface area contributed by atoms with Crippen LogP contribution in [0.2, 0.25) is 0 Å². The van der Waals surface area contributed by atoms with Gasteiger partial charge >= 0.3 is 0 Å². The summed E-state index contributed by atoms with van der Waals surface area (Å²) in [5.74, 6) is 0.813. The smallest absolute Gasteiger partial charge is 0.0718 e. The van der Waals surface area contributed by atoms with Crippen LogP contribution in [0.15, 0.2) is 73.1 Å². The molecule has 5 heteroatoms. The maximum absolute atomic E-state index is 10.6. The zero-order chi connectivity index (χ0) is 19.1. The molecule has 2 fully saturated rings. The molecule has 0 spiro atoms. The SMILES string of the molecule is CN1C[C@H]2[C@@H](c3cccc(-n4cccn4)c3)N[C@](CO)(c3ccccc3)[C@H]2C1. The van der Waals surface area contributed by atoms with Gasteiger partial charge in [0, 0.05) is 37.4 Å². The van der Waals surface area contributed by atoms with Gasteiger partial charge < -0.3 is 10.0 Å².